The topological polar surface area (TPSA) is 96.1 Å². The van der Waals surface area contributed by atoms with Gasteiger partial charge in [0.25, 0.3) is 11.8 Å². The maximum Gasteiger partial charge on any atom is 0.255 e. The van der Waals surface area contributed by atoms with Gasteiger partial charge < -0.3 is 15.4 Å². The Hall–Kier alpha value is -3.61. The second-order valence-corrected chi connectivity index (χ2v) is 8.41. The standard InChI is InChI=1S/C26H30N4O3/c1-3-33-24-14-19(21-15-27-28-16-21)11-12-23(24)26(32)29-17(2)18-7-6-8-20(13-18)25(31)30-22-9-4-5-10-22/h6-8,11-17,22H,3-5,9-10H2,1-2H3,(H,27,28)(H,29,32)(H,30,31)/t17-/m1/s1. The van der Waals surface area contributed by atoms with Crippen LogP contribution in [0.1, 0.15) is 71.9 Å². The van der Waals surface area contributed by atoms with Crippen LogP contribution in [0.4, 0.5) is 0 Å². The molecule has 172 valence electrons. The fourth-order valence-corrected chi connectivity index (χ4v) is 4.22. The number of hydrogen-bond acceptors (Lipinski definition) is 4. The van der Waals surface area contributed by atoms with Gasteiger partial charge in [0.15, 0.2) is 0 Å². The summed E-state index contributed by atoms with van der Waals surface area (Å²) in [5.74, 6) is 0.229. The fraction of sp³-hybridized carbons (Fsp3) is 0.346. The average molecular weight is 447 g/mol. The zero-order valence-electron chi connectivity index (χ0n) is 19.1. The number of carbonyl (C=O) groups excluding carboxylic acids is 2. The molecule has 0 radical (unpaired) electrons. The van der Waals surface area contributed by atoms with Crippen LogP contribution in [0.5, 0.6) is 5.75 Å². The lowest BCUT2D eigenvalue weighted by Gasteiger charge is -2.18. The molecule has 1 fully saturated rings. The first kappa shape index (κ1) is 22.6. The maximum atomic E-state index is 13.1. The zero-order valence-corrected chi connectivity index (χ0v) is 19.1. The van der Waals surface area contributed by atoms with Crippen molar-refractivity contribution in [3.63, 3.8) is 0 Å². The van der Waals surface area contributed by atoms with E-state index in [4.69, 9.17) is 4.74 Å². The molecule has 1 aliphatic carbocycles. The first-order chi connectivity index (χ1) is 16.0. The van der Waals surface area contributed by atoms with Crippen LogP contribution >= 0.6 is 0 Å². The Balaban J connectivity index is 1.47. The van der Waals surface area contributed by atoms with Crippen LogP contribution in [0.15, 0.2) is 54.9 Å². The third-order valence-electron chi connectivity index (χ3n) is 6.04. The van der Waals surface area contributed by atoms with Gasteiger partial charge >= 0.3 is 0 Å². The predicted molar refractivity (Wildman–Crippen MR) is 127 cm³/mol. The molecule has 0 saturated heterocycles. The molecule has 2 amide bonds. The molecule has 33 heavy (non-hydrogen) atoms. The molecular formula is C26H30N4O3. The van der Waals surface area contributed by atoms with Crippen LogP contribution < -0.4 is 15.4 Å². The van der Waals surface area contributed by atoms with Crippen molar-refractivity contribution in [1.29, 1.82) is 0 Å². The van der Waals surface area contributed by atoms with Gasteiger partial charge in [0.05, 0.1) is 24.4 Å². The molecule has 1 aromatic heterocycles. The first-order valence-electron chi connectivity index (χ1n) is 11.5. The van der Waals surface area contributed by atoms with E-state index in [9.17, 15) is 9.59 Å². The van der Waals surface area contributed by atoms with Crippen molar-refractivity contribution in [2.24, 2.45) is 0 Å². The van der Waals surface area contributed by atoms with Crippen molar-refractivity contribution in [2.45, 2.75) is 51.6 Å². The van der Waals surface area contributed by atoms with Gasteiger partial charge in [-0.05, 0) is 62.1 Å². The minimum absolute atomic E-state index is 0.0595. The van der Waals surface area contributed by atoms with Gasteiger partial charge in [-0.25, -0.2) is 0 Å². The monoisotopic (exact) mass is 446 g/mol. The lowest BCUT2D eigenvalue weighted by Crippen LogP contribution is -2.32. The van der Waals surface area contributed by atoms with Gasteiger partial charge in [0.2, 0.25) is 0 Å². The molecule has 1 heterocycles. The van der Waals surface area contributed by atoms with E-state index in [0.717, 1.165) is 29.5 Å². The van der Waals surface area contributed by atoms with Crippen molar-refractivity contribution < 1.29 is 14.3 Å². The summed E-state index contributed by atoms with van der Waals surface area (Å²) in [6, 6.07) is 12.9. The largest absolute Gasteiger partial charge is 0.493 e. The SMILES string of the molecule is CCOc1cc(-c2cn[nH]c2)ccc1C(=O)N[C@H](C)c1cccc(C(=O)NC2CCCC2)c1. The molecule has 0 unspecified atom stereocenters. The number of ether oxygens (including phenoxy) is 1. The van der Waals surface area contributed by atoms with Gasteiger partial charge in [-0.15, -0.1) is 0 Å². The normalized spacial score (nSPS) is 14.6. The summed E-state index contributed by atoms with van der Waals surface area (Å²) in [6.07, 6.45) is 7.94. The smallest absolute Gasteiger partial charge is 0.255 e. The quantitative estimate of drug-likeness (QED) is 0.470. The molecule has 1 aliphatic rings. The molecule has 2 aromatic carbocycles. The van der Waals surface area contributed by atoms with Gasteiger partial charge in [-0.2, -0.15) is 5.10 Å². The summed E-state index contributed by atoms with van der Waals surface area (Å²) in [5, 5.41) is 12.9. The van der Waals surface area contributed by atoms with E-state index >= 15 is 0 Å². The summed E-state index contributed by atoms with van der Waals surface area (Å²) >= 11 is 0. The van der Waals surface area contributed by atoms with E-state index in [-0.39, 0.29) is 23.9 Å². The summed E-state index contributed by atoms with van der Waals surface area (Å²) in [7, 11) is 0. The summed E-state index contributed by atoms with van der Waals surface area (Å²) in [5.41, 5.74) is 3.78. The summed E-state index contributed by atoms with van der Waals surface area (Å²) < 4.78 is 5.75. The molecule has 7 heteroatoms. The van der Waals surface area contributed by atoms with Gasteiger partial charge in [0.1, 0.15) is 5.75 Å². The first-order valence-corrected chi connectivity index (χ1v) is 11.5. The molecule has 3 aromatic rings. The van der Waals surface area contributed by atoms with Gasteiger partial charge in [0, 0.05) is 23.4 Å². The Labute approximate surface area is 193 Å². The minimum atomic E-state index is -0.278. The number of hydrogen-bond donors (Lipinski definition) is 3. The third-order valence-corrected chi connectivity index (χ3v) is 6.04. The Bertz CT molecular complexity index is 1100. The zero-order chi connectivity index (χ0) is 23.2. The molecule has 3 N–H and O–H groups in total. The van der Waals surface area contributed by atoms with Crippen molar-refractivity contribution in [1.82, 2.24) is 20.8 Å². The second-order valence-electron chi connectivity index (χ2n) is 8.41. The van der Waals surface area contributed by atoms with E-state index in [1.165, 1.54) is 12.8 Å². The number of aromatic nitrogens is 2. The van der Waals surface area contributed by atoms with E-state index in [1.54, 1.807) is 18.5 Å². The highest BCUT2D eigenvalue weighted by molar-refractivity contribution is 5.98. The highest BCUT2D eigenvalue weighted by atomic mass is 16.5. The van der Waals surface area contributed by atoms with Crippen molar-refractivity contribution in [2.75, 3.05) is 6.61 Å². The molecule has 0 aliphatic heterocycles. The number of carbonyl (C=O) groups is 2. The second kappa shape index (κ2) is 10.3. The van der Waals surface area contributed by atoms with Crippen LogP contribution in [0, 0.1) is 0 Å². The highest BCUT2D eigenvalue weighted by Crippen LogP contribution is 2.28. The van der Waals surface area contributed by atoms with Crippen molar-refractivity contribution >= 4 is 11.8 Å². The Morgan fingerprint density at radius 3 is 2.67 bits per heavy atom. The number of H-pyrrole nitrogens is 1. The average Bonchev–Trinajstić information content (AvgIpc) is 3.54. The molecule has 0 bridgehead atoms. The molecule has 0 spiro atoms. The van der Waals surface area contributed by atoms with Crippen LogP contribution in [0.2, 0.25) is 0 Å². The molecule has 4 rings (SSSR count). The Kier molecular flexibility index (Phi) is 7.07. The number of rotatable bonds is 8. The number of nitrogens with zero attached hydrogens (tertiary/aromatic N) is 1. The van der Waals surface area contributed by atoms with E-state index in [1.807, 2.05) is 50.2 Å². The van der Waals surface area contributed by atoms with Crippen LogP contribution in [0.3, 0.4) is 0 Å². The number of amides is 2. The predicted octanol–water partition coefficient (Wildman–Crippen LogP) is 4.64. The van der Waals surface area contributed by atoms with Gasteiger partial charge in [-0.3, -0.25) is 14.7 Å². The van der Waals surface area contributed by atoms with Crippen LogP contribution in [-0.4, -0.2) is 34.7 Å². The third kappa shape index (κ3) is 5.42. The fourth-order valence-electron chi connectivity index (χ4n) is 4.22. The minimum Gasteiger partial charge on any atom is -0.493 e. The number of nitrogens with one attached hydrogen (secondary N) is 3. The van der Waals surface area contributed by atoms with Crippen LogP contribution in [0.25, 0.3) is 11.1 Å². The summed E-state index contributed by atoms with van der Waals surface area (Å²) in [6.45, 7) is 4.24. The molecule has 1 saturated carbocycles. The highest BCUT2D eigenvalue weighted by Gasteiger charge is 2.20. The number of aromatic amines is 1. The van der Waals surface area contributed by atoms with E-state index < -0.39 is 0 Å². The Morgan fingerprint density at radius 2 is 1.94 bits per heavy atom. The number of benzene rings is 2. The lowest BCUT2D eigenvalue weighted by atomic mass is 10.0. The maximum absolute atomic E-state index is 13.1. The van der Waals surface area contributed by atoms with Crippen molar-refractivity contribution in [3.8, 4) is 16.9 Å². The molecule has 1 atom stereocenters. The summed E-state index contributed by atoms with van der Waals surface area (Å²) in [4.78, 5) is 25.7. The van der Waals surface area contributed by atoms with Crippen molar-refractivity contribution in [3.05, 3.63) is 71.5 Å². The molecule has 7 nitrogen and oxygen atoms in total. The van der Waals surface area contributed by atoms with Gasteiger partial charge in [-0.1, -0.05) is 31.0 Å². The van der Waals surface area contributed by atoms with E-state index in [0.29, 0.717) is 23.5 Å². The molecular weight excluding hydrogens is 416 g/mol. The van der Waals surface area contributed by atoms with E-state index in [2.05, 4.69) is 20.8 Å². The Morgan fingerprint density at radius 1 is 1.12 bits per heavy atom. The lowest BCUT2D eigenvalue weighted by molar-refractivity contribution is 0.0931. The van der Waals surface area contributed by atoms with Crippen LogP contribution in [-0.2, 0) is 0 Å².